The van der Waals surface area contributed by atoms with Crippen molar-refractivity contribution in [1.29, 1.82) is 0 Å². The molecule has 2 amide bonds. The van der Waals surface area contributed by atoms with E-state index in [4.69, 9.17) is 4.74 Å². The van der Waals surface area contributed by atoms with Gasteiger partial charge in [0.25, 0.3) is 0 Å². The van der Waals surface area contributed by atoms with E-state index < -0.39 is 0 Å². The van der Waals surface area contributed by atoms with Crippen LogP contribution in [0.4, 0.5) is 0 Å². The number of rotatable bonds is 14. The molecule has 0 aromatic heterocycles. The molecule has 0 radical (unpaired) electrons. The summed E-state index contributed by atoms with van der Waals surface area (Å²) in [5, 5.41) is 5.44. The van der Waals surface area contributed by atoms with Gasteiger partial charge in [0.15, 0.2) is 0 Å². The third kappa shape index (κ3) is 10.6. The number of hydrogen-bond acceptors (Lipinski definition) is 3. The van der Waals surface area contributed by atoms with Crippen molar-refractivity contribution in [2.24, 2.45) is 5.92 Å². The van der Waals surface area contributed by atoms with Gasteiger partial charge in [-0.1, -0.05) is 39.0 Å². The zero-order valence-electron chi connectivity index (χ0n) is 14.0. The Hall–Kier alpha value is -1.10. The van der Waals surface area contributed by atoms with Crippen molar-refractivity contribution >= 4 is 11.8 Å². The highest BCUT2D eigenvalue weighted by atomic mass is 16.5. The molecule has 0 unspecified atom stereocenters. The van der Waals surface area contributed by atoms with E-state index in [0.29, 0.717) is 13.2 Å². The first kappa shape index (κ1) is 18.9. The minimum atomic E-state index is -0.120. The van der Waals surface area contributed by atoms with Crippen LogP contribution in [0.3, 0.4) is 0 Å². The number of unbranched alkanes of at least 4 members (excludes halogenated alkanes) is 5. The fraction of sp³-hybridized carbons (Fsp3) is 0.882. The standard InChI is InChI=1S/C17H32N2O3/c1-2-3-4-5-6-7-12-22-13-8-11-18-16(20)14-19-17(21)15-9-10-15/h15H,2-14H2,1H3,(H,18,20)(H,19,21). The van der Waals surface area contributed by atoms with Crippen molar-refractivity contribution in [3.05, 3.63) is 0 Å². The van der Waals surface area contributed by atoms with Crippen LogP contribution >= 0.6 is 0 Å². The summed E-state index contributed by atoms with van der Waals surface area (Å²) < 4.78 is 5.54. The Balaban J connectivity index is 1.76. The topological polar surface area (TPSA) is 67.4 Å². The molecule has 0 aromatic rings. The lowest BCUT2D eigenvalue weighted by molar-refractivity contribution is -0.126. The highest BCUT2D eigenvalue weighted by Gasteiger charge is 2.29. The lowest BCUT2D eigenvalue weighted by Crippen LogP contribution is -2.38. The average molecular weight is 312 g/mol. The van der Waals surface area contributed by atoms with Crippen LogP contribution in [0.1, 0.15) is 64.7 Å². The largest absolute Gasteiger partial charge is 0.381 e. The van der Waals surface area contributed by atoms with E-state index in [2.05, 4.69) is 17.6 Å². The Morgan fingerprint density at radius 1 is 0.955 bits per heavy atom. The van der Waals surface area contributed by atoms with Gasteiger partial charge >= 0.3 is 0 Å². The fourth-order valence-corrected chi connectivity index (χ4v) is 2.21. The molecule has 22 heavy (non-hydrogen) atoms. The third-order valence-corrected chi connectivity index (χ3v) is 3.80. The summed E-state index contributed by atoms with van der Waals surface area (Å²) >= 11 is 0. The van der Waals surface area contributed by atoms with Crippen LogP contribution in [0.5, 0.6) is 0 Å². The van der Waals surface area contributed by atoms with Crippen LogP contribution in [0.2, 0.25) is 0 Å². The summed E-state index contributed by atoms with van der Waals surface area (Å²) in [4.78, 5) is 22.8. The molecule has 0 bridgehead atoms. The Morgan fingerprint density at radius 3 is 2.36 bits per heavy atom. The zero-order valence-corrected chi connectivity index (χ0v) is 14.0. The van der Waals surface area contributed by atoms with Gasteiger partial charge in [-0.25, -0.2) is 0 Å². The average Bonchev–Trinajstić information content (AvgIpc) is 3.35. The molecule has 1 aliphatic carbocycles. The maximum absolute atomic E-state index is 11.5. The highest BCUT2D eigenvalue weighted by Crippen LogP contribution is 2.28. The summed E-state index contributed by atoms with van der Waals surface area (Å²) in [5.41, 5.74) is 0. The van der Waals surface area contributed by atoms with Gasteiger partial charge in [0.2, 0.25) is 11.8 Å². The normalized spacial score (nSPS) is 13.9. The molecule has 1 saturated carbocycles. The SMILES string of the molecule is CCCCCCCCOCCCNC(=O)CNC(=O)C1CC1. The first-order valence-electron chi connectivity index (χ1n) is 8.86. The molecule has 1 rings (SSSR count). The molecule has 5 heteroatoms. The van der Waals surface area contributed by atoms with Crippen molar-refractivity contribution in [3.63, 3.8) is 0 Å². The molecule has 0 heterocycles. The van der Waals surface area contributed by atoms with Crippen LogP contribution in [0.25, 0.3) is 0 Å². The number of carbonyl (C=O) groups excluding carboxylic acids is 2. The van der Waals surface area contributed by atoms with Gasteiger partial charge < -0.3 is 15.4 Å². The Bertz CT molecular complexity index is 317. The fourth-order valence-electron chi connectivity index (χ4n) is 2.21. The molecule has 128 valence electrons. The second-order valence-corrected chi connectivity index (χ2v) is 6.08. The van der Waals surface area contributed by atoms with Crippen LogP contribution in [-0.2, 0) is 14.3 Å². The van der Waals surface area contributed by atoms with Gasteiger partial charge in [-0.15, -0.1) is 0 Å². The predicted octanol–water partition coefficient (Wildman–Crippen LogP) is 2.40. The Morgan fingerprint density at radius 2 is 1.64 bits per heavy atom. The van der Waals surface area contributed by atoms with Crippen molar-refractivity contribution in [2.45, 2.75) is 64.7 Å². The monoisotopic (exact) mass is 312 g/mol. The summed E-state index contributed by atoms with van der Waals surface area (Å²) in [7, 11) is 0. The second kappa shape index (κ2) is 12.4. The van der Waals surface area contributed by atoms with Gasteiger partial charge in [-0.2, -0.15) is 0 Å². The summed E-state index contributed by atoms with van der Waals surface area (Å²) in [5.74, 6) is 0.0468. The number of nitrogens with one attached hydrogen (secondary N) is 2. The Kier molecular flexibility index (Phi) is 10.7. The molecular formula is C17H32N2O3. The second-order valence-electron chi connectivity index (χ2n) is 6.08. The summed E-state index contributed by atoms with van der Waals surface area (Å²) in [6.45, 7) is 4.42. The number of ether oxygens (including phenoxy) is 1. The van der Waals surface area contributed by atoms with Crippen molar-refractivity contribution in [3.8, 4) is 0 Å². The smallest absolute Gasteiger partial charge is 0.239 e. The van der Waals surface area contributed by atoms with Crippen molar-refractivity contribution < 1.29 is 14.3 Å². The minimum Gasteiger partial charge on any atom is -0.381 e. The van der Waals surface area contributed by atoms with Gasteiger partial charge in [-0.3, -0.25) is 9.59 Å². The van der Waals surface area contributed by atoms with Crippen molar-refractivity contribution in [1.82, 2.24) is 10.6 Å². The molecule has 0 aliphatic heterocycles. The number of amides is 2. The van der Waals surface area contributed by atoms with E-state index in [0.717, 1.165) is 32.3 Å². The lowest BCUT2D eigenvalue weighted by Gasteiger charge is -2.07. The van der Waals surface area contributed by atoms with Crippen LogP contribution in [0.15, 0.2) is 0 Å². The summed E-state index contributed by atoms with van der Waals surface area (Å²) in [6.07, 6.45) is 10.4. The molecule has 1 aliphatic rings. The van der Waals surface area contributed by atoms with E-state index in [-0.39, 0.29) is 24.3 Å². The molecule has 5 nitrogen and oxygen atoms in total. The van der Waals surface area contributed by atoms with Crippen LogP contribution in [-0.4, -0.2) is 38.1 Å². The van der Waals surface area contributed by atoms with E-state index in [1.165, 1.54) is 32.1 Å². The lowest BCUT2D eigenvalue weighted by atomic mass is 10.1. The van der Waals surface area contributed by atoms with Crippen LogP contribution < -0.4 is 10.6 Å². The number of hydrogen-bond donors (Lipinski definition) is 2. The quantitative estimate of drug-likeness (QED) is 0.484. The van der Waals surface area contributed by atoms with Gasteiger partial charge in [0.1, 0.15) is 0 Å². The maximum Gasteiger partial charge on any atom is 0.239 e. The van der Waals surface area contributed by atoms with Crippen LogP contribution in [0, 0.1) is 5.92 Å². The third-order valence-electron chi connectivity index (χ3n) is 3.80. The molecule has 0 spiro atoms. The highest BCUT2D eigenvalue weighted by molar-refractivity contribution is 5.86. The van der Waals surface area contributed by atoms with E-state index in [9.17, 15) is 9.59 Å². The molecule has 0 aromatic carbocycles. The minimum absolute atomic E-state index is 0.0115. The van der Waals surface area contributed by atoms with Gasteiger partial charge in [0.05, 0.1) is 6.54 Å². The van der Waals surface area contributed by atoms with E-state index in [1.54, 1.807) is 0 Å². The van der Waals surface area contributed by atoms with Gasteiger partial charge in [-0.05, 0) is 25.7 Å². The number of carbonyl (C=O) groups is 2. The molecule has 0 saturated heterocycles. The zero-order chi connectivity index (χ0) is 16.0. The molecule has 1 fully saturated rings. The Labute approximate surface area is 134 Å². The first-order valence-corrected chi connectivity index (χ1v) is 8.86. The van der Waals surface area contributed by atoms with Crippen molar-refractivity contribution in [2.75, 3.05) is 26.3 Å². The first-order chi connectivity index (χ1) is 10.7. The maximum atomic E-state index is 11.5. The van der Waals surface area contributed by atoms with E-state index >= 15 is 0 Å². The predicted molar refractivity (Wildman–Crippen MR) is 87.6 cm³/mol. The molecule has 0 atom stereocenters. The van der Waals surface area contributed by atoms with Gasteiger partial charge in [0, 0.05) is 25.7 Å². The van der Waals surface area contributed by atoms with E-state index in [1.807, 2.05) is 0 Å². The summed E-state index contributed by atoms with van der Waals surface area (Å²) in [6, 6.07) is 0. The molecule has 2 N–H and O–H groups in total. The molecular weight excluding hydrogens is 280 g/mol.